The van der Waals surface area contributed by atoms with E-state index in [0.29, 0.717) is 18.0 Å². The van der Waals surface area contributed by atoms with Gasteiger partial charge in [0.05, 0.1) is 4.88 Å². The third kappa shape index (κ3) is 3.41. The minimum Gasteiger partial charge on any atom is -0.373 e. The number of likely N-dealkylation sites (N-methyl/N-ethyl adjacent to an activating group) is 1. The first kappa shape index (κ1) is 16.5. The number of anilines is 1. The van der Waals surface area contributed by atoms with Crippen LogP contribution >= 0.6 is 11.3 Å². The van der Waals surface area contributed by atoms with Gasteiger partial charge in [-0.1, -0.05) is 18.2 Å². The first-order valence-electron chi connectivity index (χ1n) is 7.79. The normalized spacial score (nSPS) is 10.8. The largest absolute Gasteiger partial charge is 0.373 e. The Morgan fingerprint density at radius 1 is 1.21 bits per heavy atom. The molecule has 0 saturated heterocycles. The fraction of sp³-hybridized carbons (Fsp3) is 0.211. The number of hydrogen-bond donors (Lipinski definition) is 1. The number of amides is 1. The Morgan fingerprint density at radius 2 is 1.96 bits per heavy atom. The van der Waals surface area contributed by atoms with Gasteiger partial charge in [-0.2, -0.15) is 0 Å². The van der Waals surface area contributed by atoms with Crippen LogP contribution < -0.4 is 10.2 Å². The quantitative estimate of drug-likeness (QED) is 0.753. The molecule has 124 valence electrons. The summed E-state index contributed by atoms with van der Waals surface area (Å²) in [4.78, 5) is 15.2. The first-order valence-corrected chi connectivity index (χ1v) is 8.61. The van der Waals surface area contributed by atoms with Gasteiger partial charge in [0.15, 0.2) is 0 Å². The van der Waals surface area contributed by atoms with Gasteiger partial charge in [0.1, 0.15) is 5.82 Å². The second-order valence-corrected chi connectivity index (χ2v) is 6.76. The smallest absolute Gasteiger partial charge is 0.261 e. The summed E-state index contributed by atoms with van der Waals surface area (Å²) in [6.07, 6.45) is 0. The van der Waals surface area contributed by atoms with Crippen LogP contribution in [0.5, 0.6) is 0 Å². The SMILES string of the molecule is Cc1c(C(=O)NCCN(C)c2ccccc2)sc2ccc(F)cc12. The van der Waals surface area contributed by atoms with E-state index < -0.39 is 0 Å². The summed E-state index contributed by atoms with van der Waals surface area (Å²) in [6.45, 7) is 3.13. The molecular formula is C19H19FN2OS. The molecule has 0 bridgehead atoms. The van der Waals surface area contributed by atoms with Crippen molar-refractivity contribution in [2.75, 3.05) is 25.0 Å². The van der Waals surface area contributed by atoms with Gasteiger partial charge in [0.2, 0.25) is 0 Å². The Balaban J connectivity index is 1.64. The third-order valence-electron chi connectivity index (χ3n) is 4.03. The third-order valence-corrected chi connectivity index (χ3v) is 5.31. The summed E-state index contributed by atoms with van der Waals surface area (Å²) >= 11 is 1.40. The molecule has 5 heteroatoms. The van der Waals surface area contributed by atoms with Gasteiger partial charge in [-0.15, -0.1) is 11.3 Å². The molecule has 0 aliphatic heterocycles. The van der Waals surface area contributed by atoms with E-state index in [2.05, 4.69) is 10.2 Å². The number of aryl methyl sites for hydroxylation is 1. The van der Waals surface area contributed by atoms with E-state index in [9.17, 15) is 9.18 Å². The second kappa shape index (κ2) is 7.01. The number of carbonyl (C=O) groups is 1. The van der Waals surface area contributed by atoms with Crippen LogP contribution in [-0.4, -0.2) is 26.0 Å². The Kier molecular flexibility index (Phi) is 4.81. The fourth-order valence-electron chi connectivity index (χ4n) is 2.64. The topological polar surface area (TPSA) is 32.3 Å². The van der Waals surface area contributed by atoms with Gasteiger partial charge in [-0.3, -0.25) is 4.79 Å². The summed E-state index contributed by atoms with van der Waals surface area (Å²) < 4.78 is 14.3. The lowest BCUT2D eigenvalue weighted by Crippen LogP contribution is -2.32. The van der Waals surface area contributed by atoms with Crippen molar-refractivity contribution in [3.63, 3.8) is 0 Å². The summed E-state index contributed by atoms with van der Waals surface area (Å²) in [6, 6.07) is 14.7. The minimum absolute atomic E-state index is 0.101. The number of thiophene rings is 1. The fourth-order valence-corrected chi connectivity index (χ4v) is 3.74. The van der Waals surface area contributed by atoms with Crippen LogP contribution in [0, 0.1) is 12.7 Å². The molecule has 3 aromatic rings. The van der Waals surface area contributed by atoms with Crippen molar-refractivity contribution in [1.82, 2.24) is 5.32 Å². The van der Waals surface area contributed by atoms with Gasteiger partial charge in [0, 0.05) is 30.5 Å². The molecule has 0 aliphatic rings. The van der Waals surface area contributed by atoms with E-state index in [-0.39, 0.29) is 11.7 Å². The van der Waals surface area contributed by atoms with Crippen molar-refractivity contribution in [3.05, 3.63) is 64.8 Å². The minimum atomic E-state index is -0.278. The number of para-hydroxylation sites is 1. The van der Waals surface area contributed by atoms with Crippen molar-refractivity contribution >= 4 is 33.0 Å². The molecule has 0 atom stereocenters. The van der Waals surface area contributed by atoms with E-state index in [1.807, 2.05) is 44.3 Å². The highest BCUT2D eigenvalue weighted by molar-refractivity contribution is 7.21. The number of halogens is 1. The predicted molar refractivity (Wildman–Crippen MR) is 98.6 cm³/mol. The van der Waals surface area contributed by atoms with Crippen molar-refractivity contribution in [1.29, 1.82) is 0 Å². The van der Waals surface area contributed by atoms with Crippen LogP contribution in [0.2, 0.25) is 0 Å². The number of rotatable bonds is 5. The molecule has 3 nitrogen and oxygen atoms in total. The highest BCUT2D eigenvalue weighted by atomic mass is 32.1. The number of fused-ring (bicyclic) bond motifs is 1. The number of hydrogen-bond acceptors (Lipinski definition) is 3. The summed E-state index contributed by atoms with van der Waals surface area (Å²) in [7, 11) is 1.99. The number of carbonyl (C=O) groups excluding carboxylic acids is 1. The molecule has 0 radical (unpaired) electrons. The lowest BCUT2D eigenvalue weighted by atomic mass is 10.1. The molecule has 1 heterocycles. The lowest BCUT2D eigenvalue weighted by molar-refractivity contribution is 0.0958. The van der Waals surface area contributed by atoms with E-state index in [1.165, 1.54) is 23.5 Å². The Bertz CT molecular complexity index is 860. The molecule has 2 aromatic carbocycles. The molecule has 1 N–H and O–H groups in total. The summed E-state index contributed by atoms with van der Waals surface area (Å²) in [5.41, 5.74) is 1.95. The van der Waals surface area contributed by atoms with Crippen LogP contribution in [0.4, 0.5) is 10.1 Å². The van der Waals surface area contributed by atoms with E-state index in [1.54, 1.807) is 6.07 Å². The molecule has 0 spiro atoms. The van der Waals surface area contributed by atoms with Crippen LogP contribution in [0.25, 0.3) is 10.1 Å². The monoisotopic (exact) mass is 342 g/mol. The average Bonchev–Trinajstić information content (AvgIpc) is 2.92. The maximum absolute atomic E-state index is 13.4. The summed E-state index contributed by atoms with van der Waals surface area (Å²) in [5.74, 6) is -0.379. The second-order valence-electron chi connectivity index (χ2n) is 5.71. The average molecular weight is 342 g/mol. The maximum atomic E-state index is 13.4. The van der Waals surface area contributed by atoms with E-state index in [0.717, 1.165) is 21.3 Å². The van der Waals surface area contributed by atoms with Crippen LogP contribution in [-0.2, 0) is 0 Å². The van der Waals surface area contributed by atoms with Gasteiger partial charge in [-0.25, -0.2) is 4.39 Å². The highest BCUT2D eigenvalue weighted by Crippen LogP contribution is 2.31. The number of nitrogens with one attached hydrogen (secondary N) is 1. The first-order chi connectivity index (χ1) is 11.6. The molecular weight excluding hydrogens is 323 g/mol. The molecule has 0 fully saturated rings. The zero-order valence-corrected chi connectivity index (χ0v) is 14.5. The Hall–Kier alpha value is -2.40. The number of nitrogens with zero attached hydrogens (tertiary/aromatic N) is 1. The van der Waals surface area contributed by atoms with Crippen LogP contribution in [0.3, 0.4) is 0 Å². The van der Waals surface area contributed by atoms with Crippen molar-refractivity contribution < 1.29 is 9.18 Å². The van der Waals surface area contributed by atoms with Crippen LogP contribution in [0.15, 0.2) is 48.5 Å². The predicted octanol–water partition coefficient (Wildman–Crippen LogP) is 4.22. The van der Waals surface area contributed by atoms with Crippen molar-refractivity contribution in [3.8, 4) is 0 Å². The molecule has 1 aromatic heterocycles. The van der Waals surface area contributed by atoms with Gasteiger partial charge in [0.25, 0.3) is 5.91 Å². The summed E-state index contributed by atoms with van der Waals surface area (Å²) in [5, 5.41) is 3.76. The van der Waals surface area contributed by atoms with Crippen molar-refractivity contribution in [2.45, 2.75) is 6.92 Å². The van der Waals surface area contributed by atoms with Gasteiger partial charge >= 0.3 is 0 Å². The standard InChI is InChI=1S/C19H19FN2OS/c1-13-16-12-14(20)8-9-17(16)24-18(13)19(23)21-10-11-22(2)15-6-4-3-5-7-15/h3-9,12H,10-11H2,1-2H3,(H,21,23). The molecule has 0 unspecified atom stereocenters. The number of benzene rings is 2. The zero-order valence-electron chi connectivity index (χ0n) is 13.7. The molecule has 3 rings (SSSR count). The van der Waals surface area contributed by atoms with Crippen LogP contribution in [0.1, 0.15) is 15.2 Å². The molecule has 0 aliphatic carbocycles. The lowest BCUT2D eigenvalue weighted by Gasteiger charge is -2.19. The molecule has 0 saturated carbocycles. The molecule has 1 amide bonds. The maximum Gasteiger partial charge on any atom is 0.261 e. The Labute approximate surface area is 144 Å². The van der Waals surface area contributed by atoms with Gasteiger partial charge in [-0.05, 0) is 48.2 Å². The van der Waals surface area contributed by atoms with Crippen molar-refractivity contribution in [2.24, 2.45) is 0 Å². The van der Waals surface area contributed by atoms with Gasteiger partial charge < -0.3 is 10.2 Å². The Morgan fingerprint density at radius 3 is 2.71 bits per heavy atom. The van der Waals surface area contributed by atoms with E-state index >= 15 is 0 Å². The van der Waals surface area contributed by atoms with E-state index in [4.69, 9.17) is 0 Å². The molecule has 24 heavy (non-hydrogen) atoms. The zero-order chi connectivity index (χ0) is 17.1. The highest BCUT2D eigenvalue weighted by Gasteiger charge is 2.15.